The Bertz CT molecular complexity index is 21.4. The number of rotatable bonds is 0. The number of hydrogen-bond acceptors (Lipinski definition) is 1. The van der Waals surface area contributed by atoms with E-state index in [1.54, 1.807) is 6.92 Å². The van der Waals surface area contributed by atoms with Crippen molar-refractivity contribution >= 4 is 34.8 Å². The molecule has 0 aromatic carbocycles. The van der Waals surface area contributed by atoms with Gasteiger partial charge in [-0.15, -0.1) is 0 Å². The Kier molecular flexibility index (Phi) is 15.3. The second-order valence-electron chi connectivity index (χ2n) is 0.564. The number of aliphatic hydroxyl groups excluding tert-OH is 1. The highest BCUT2D eigenvalue weighted by molar-refractivity contribution is 6.63. The second kappa shape index (κ2) is 9.95. The molecule has 7 heavy (non-hydrogen) atoms. The molecule has 0 aliphatic carbocycles. The highest BCUT2D eigenvalue weighted by Crippen LogP contribution is 2.03. The van der Waals surface area contributed by atoms with Gasteiger partial charge in [-0.05, 0) is 6.92 Å². The van der Waals surface area contributed by atoms with Crippen LogP contribution in [-0.2, 0) is 0 Å². The molecule has 0 unspecified atom stereocenters. The highest BCUT2D eigenvalue weighted by Gasteiger charge is 1.78. The van der Waals surface area contributed by atoms with Gasteiger partial charge in [0.05, 0.1) is 0 Å². The summed E-state index contributed by atoms with van der Waals surface area (Å²) in [6.07, 6.45) is 0. The van der Waals surface area contributed by atoms with E-state index in [1.807, 2.05) is 0 Å². The molecule has 0 aliphatic rings. The third-order valence-electron chi connectivity index (χ3n) is 0. The summed E-state index contributed by atoms with van der Waals surface area (Å²) in [5, 5.41) is 7.57. The lowest BCUT2D eigenvalue weighted by Crippen LogP contribution is -1.57. The molecule has 0 amide bonds. The van der Waals surface area contributed by atoms with Crippen molar-refractivity contribution in [1.82, 2.24) is 0 Å². The summed E-state index contributed by atoms with van der Waals surface area (Å²) in [5.41, 5.74) is 0. The number of halogens is 3. The van der Waals surface area contributed by atoms with Crippen molar-refractivity contribution in [2.24, 2.45) is 0 Å². The molecule has 1 N–H and O–H groups in total. The molecule has 0 saturated carbocycles. The molecule has 0 saturated heterocycles. The first-order valence-corrected chi connectivity index (χ1v) is 2.99. The van der Waals surface area contributed by atoms with E-state index in [0.29, 0.717) is 0 Å². The fourth-order valence-corrected chi connectivity index (χ4v) is 0. The summed E-state index contributed by atoms with van der Waals surface area (Å²) in [6, 6.07) is 0. The summed E-state index contributed by atoms with van der Waals surface area (Å²) in [4.78, 5) is 0. The lowest BCUT2D eigenvalue weighted by atomic mass is 10.9. The summed E-state index contributed by atoms with van der Waals surface area (Å²) in [5.74, 6) is 0. The zero-order valence-electron chi connectivity index (χ0n) is 3.87. The van der Waals surface area contributed by atoms with Gasteiger partial charge in [-0.2, -0.15) is 0 Å². The summed E-state index contributed by atoms with van der Waals surface area (Å²) >= 11 is 14.4. The molecular formula is C3H7Cl3O. The zero-order chi connectivity index (χ0) is 6.28. The van der Waals surface area contributed by atoms with E-state index in [1.165, 1.54) is 0 Å². The average molecular weight is 165 g/mol. The van der Waals surface area contributed by atoms with Crippen LogP contribution in [0.2, 0.25) is 0 Å². The third-order valence-corrected chi connectivity index (χ3v) is 0. The Hall–Kier alpha value is 0.830. The Balaban J connectivity index is 0. The van der Waals surface area contributed by atoms with Crippen molar-refractivity contribution < 1.29 is 5.11 Å². The Morgan fingerprint density at radius 3 is 1.43 bits per heavy atom. The topological polar surface area (TPSA) is 20.2 Å². The van der Waals surface area contributed by atoms with Crippen LogP contribution in [0.5, 0.6) is 0 Å². The molecule has 1 nitrogen and oxygen atoms in total. The van der Waals surface area contributed by atoms with Gasteiger partial charge in [0.15, 0.2) is 4.30 Å². The molecule has 0 radical (unpaired) electrons. The van der Waals surface area contributed by atoms with Crippen LogP contribution in [0.25, 0.3) is 0 Å². The zero-order valence-corrected chi connectivity index (χ0v) is 6.13. The van der Waals surface area contributed by atoms with Crippen LogP contribution in [0.4, 0.5) is 0 Å². The molecule has 0 spiro atoms. The van der Waals surface area contributed by atoms with Gasteiger partial charge in [0.2, 0.25) is 0 Å². The lowest BCUT2D eigenvalue weighted by Gasteiger charge is -1.69. The Labute approximate surface area is 58.2 Å². The smallest absolute Gasteiger partial charge is 0.180 e. The Morgan fingerprint density at radius 1 is 1.43 bits per heavy atom. The van der Waals surface area contributed by atoms with Gasteiger partial charge in [0, 0.05) is 6.61 Å². The summed E-state index contributed by atoms with van der Waals surface area (Å²) < 4.78 is -0.750. The van der Waals surface area contributed by atoms with Crippen molar-refractivity contribution in [3.8, 4) is 0 Å². The van der Waals surface area contributed by atoms with Crippen LogP contribution >= 0.6 is 34.8 Å². The molecule has 0 aromatic heterocycles. The van der Waals surface area contributed by atoms with Crippen molar-refractivity contribution in [2.75, 3.05) is 6.61 Å². The van der Waals surface area contributed by atoms with Crippen molar-refractivity contribution in [3.63, 3.8) is 0 Å². The fourth-order valence-electron chi connectivity index (χ4n) is 0. The highest BCUT2D eigenvalue weighted by atomic mass is 35.6. The van der Waals surface area contributed by atoms with E-state index < -0.39 is 4.30 Å². The van der Waals surface area contributed by atoms with Crippen molar-refractivity contribution in [2.45, 2.75) is 11.2 Å². The molecule has 0 atom stereocenters. The van der Waals surface area contributed by atoms with Gasteiger partial charge in [0.1, 0.15) is 0 Å². The molecular weight excluding hydrogens is 158 g/mol. The minimum atomic E-state index is -0.750. The molecule has 46 valence electrons. The average Bonchev–Trinajstić information content (AvgIpc) is 1.33. The van der Waals surface area contributed by atoms with Gasteiger partial charge in [-0.25, -0.2) is 0 Å². The molecule has 4 heteroatoms. The van der Waals surface area contributed by atoms with Gasteiger partial charge < -0.3 is 5.11 Å². The van der Waals surface area contributed by atoms with Crippen LogP contribution in [0.15, 0.2) is 0 Å². The van der Waals surface area contributed by atoms with E-state index in [2.05, 4.69) is 0 Å². The predicted octanol–water partition coefficient (Wildman–Crippen LogP) is 1.98. The largest absolute Gasteiger partial charge is 0.397 e. The van der Waals surface area contributed by atoms with E-state index in [0.717, 1.165) is 0 Å². The first kappa shape index (κ1) is 10.7. The quantitative estimate of drug-likeness (QED) is 0.544. The van der Waals surface area contributed by atoms with Gasteiger partial charge in [0.25, 0.3) is 0 Å². The lowest BCUT2D eigenvalue weighted by molar-refractivity contribution is 0.318. The summed E-state index contributed by atoms with van der Waals surface area (Å²) in [6.45, 7) is 1.93. The van der Waals surface area contributed by atoms with Crippen molar-refractivity contribution in [3.05, 3.63) is 0 Å². The summed E-state index contributed by atoms with van der Waals surface area (Å²) in [7, 11) is 0. The molecule has 0 heterocycles. The first-order chi connectivity index (χ1) is 3.15. The fraction of sp³-hybridized carbons (Fsp3) is 1.00. The van der Waals surface area contributed by atoms with E-state index in [9.17, 15) is 0 Å². The van der Waals surface area contributed by atoms with E-state index in [4.69, 9.17) is 39.9 Å². The SMILES string of the molecule is CCO.ClC(Cl)Cl. The number of hydrogen-bond donors (Lipinski definition) is 1. The minimum Gasteiger partial charge on any atom is -0.397 e. The molecule has 0 bridgehead atoms. The normalized spacial score (nSPS) is 7.71. The number of alkyl halides is 3. The standard InChI is InChI=1S/C2H6O.CHCl3/c1-2-3;2-1(3)4/h3H,2H2,1H3;1H. The Morgan fingerprint density at radius 2 is 1.43 bits per heavy atom. The number of aliphatic hydroxyl groups is 1. The predicted molar refractivity (Wildman–Crippen MR) is 34.1 cm³/mol. The maximum Gasteiger partial charge on any atom is 0.180 e. The maximum atomic E-state index is 7.57. The second-order valence-corrected chi connectivity index (χ2v) is 2.54. The van der Waals surface area contributed by atoms with Crippen LogP contribution in [0.1, 0.15) is 6.92 Å². The molecule has 0 rings (SSSR count). The van der Waals surface area contributed by atoms with Crippen LogP contribution < -0.4 is 0 Å². The van der Waals surface area contributed by atoms with E-state index >= 15 is 0 Å². The molecule has 0 fully saturated rings. The van der Waals surface area contributed by atoms with Gasteiger partial charge in [-0.1, -0.05) is 34.8 Å². The van der Waals surface area contributed by atoms with Gasteiger partial charge in [-0.3, -0.25) is 0 Å². The van der Waals surface area contributed by atoms with Crippen LogP contribution in [0, 0.1) is 0 Å². The van der Waals surface area contributed by atoms with Gasteiger partial charge >= 0.3 is 0 Å². The van der Waals surface area contributed by atoms with Crippen LogP contribution in [-0.4, -0.2) is 16.0 Å². The maximum absolute atomic E-state index is 7.57. The minimum absolute atomic E-state index is 0.250. The monoisotopic (exact) mass is 164 g/mol. The van der Waals surface area contributed by atoms with Crippen LogP contribution in [0.3, 0.4) is 0 Å². The molecule has 0 aliphatic heterocycles. The molecule has 0 aromatic rings. The third kappa shape index (κ3) is 231. The van der Waals surface area contributed by atoms with E-state index in [-0.39, 0.29) is 6.61 Å². The first-order valence-electron chi connectivity index (χ1n) is 1.68. The van der Waals surface area contributed by atoms with Crippen molar-refractivity contribution in [1.29, 1.82) is 0 Å².